The normalized spacial score (nSPS) is 13.1. The molecule has 1 atom stereocenters. The molecule has 1 heterocycles. The molecule has 6 heteroatoms. The van der Waals surface area contributed by atoms with Crippen LogP contribution < -0.4 is 4.31 Å². The van der Waals surface area contributed by atoms with E-state index in [0.29, 0.717) is 12.2 Å². The first-order chi connectivity index (χ1) is 13.4. The summed E-state index contributed by atoms with van der Waals surface area (Å²) in [6.45, 7) is 0.288. The molecule has 28 heavy (non-hydrogen) atoms. The number of aliphatic hydroxyl groups is 1. The van der Waals surface area contributed by atoms with E-state index in [1.807, 2.05) is 42.5 Å². The van der Waals surface area contributed by atoms with E-state index in [1.165, 1.54) is 4.31 Å². The Morgan fingerprint density at radius 1 is 0.857 bits per heavy atom. The van der Waals surface area contributed by atoms with Gasteiger partial charge in [-0.15, -0.1) is 0 Å². The minimum absolute atomic E-state index is 0.0102. The molecule has 1 N–H and O–H groups in total. The average Bonchev–Trinajstić information content (AvgIpc) is 3.00. The van der Waals surface area contributed by atoms with Crippen LogP contribution in [0.3, 0.4) is 0 Å². The van der Waals surface area contributed by atoms with Crippen LogP contribution in [-0.4, -0.2) is 37.0 Å². The number of rotatable bonds is 6. The summed E-state index contributed by atoms with van der Waals surface area (Å²) in [6, 6.07) is 25.0. The van der Waals surface area contributed by atoms with Gasteiger partial charge in [0.25, 0.3) is 0 Å². The first kappa shape index (κ1) is 18.5. The molecule has 5 nitrogen and oxygen atoms in total. The highest BCUT2D eigenvalue weighted by Gasteiger charge is 2.22. The number of fused-ring (bicyclic) bond motifs is 3. The van der Waals surface area contributed by atoms with Gasteiger partial charge < -0.3 is 9.67 Å². The third kappa shape index (κ3) is 3.48. The van der Waals surface area contributed by atoms with Gasteiger partial charge in [-0.3, -0.25) is 4.31 Å². The van der Waals surface area contributed by atoms with E-state index in [1.54, 1.807) is 24.3 Å². The number of nitrogens with zero attached hydrogens (tertiary/aromatic N) is 2. The fourth-order valence-corrected chi connectivity index (χ4v) is 4.63. The molecule has 3 aromatic carbocycles. The maximum Gasteiger partial charge on any atom is 0.232 e. The maximum absolute atomic E-state index is 12.3. The van der Waals surface area contributed by atoms with E-state index in [-0.39, 0.29) is 6.54 Å². The predicted octanol–water partition coefficient (Wildman–Crippen LogP) is 3.62. The molecule has 144 valence electrons. The van der Waals surface area contributed by atoms with Crippen molar-refractivity contribution < 1.29 is 13.5 Å². The second-order valence-electron chi connectivity index (χ2n) is 6.93. The molecule has 0 spiro atoms. The van der Waals surface area contributed by atoms with Gasteiger partial charge >= 0.3 is 0 Å². The van der Waals surface area contributed by atoms with Crippen molar-refractivity contribution in [2.45, 2.75) is 12.6 Å². The van der Waals surface area contributed by atoms with E-state index in [0.717, 1.165) is 28.1 Å². The van der Waals surface area contributed by atoms with Crippen molar-refractivity contribution in [3.8, 4) is 0 Å². The van der Waals surface area contributed by atoms with E-state index in [9.17, 15) is 13.5 Å². The number of hydrogen-bond acceptors (Lipinski definition) is 3. The van der Waals surface area contributed by atoms with E-state index >= 15 is 0 Å². The van der Waals surface area contributed by atoms with Crippen LogP contribution in [0.4, 0.5) is 5.69 Å². The van der Waals surface area contributed by atoms with Gasteiger partial charge in [-0.2, -0.15) is 0 Å². The van der Waals surface area contributed by atoms with Crippen molar-refractivity contribution in [1.82, 2.24) is 4.57 Å². The lowest BCUT2D eigenvalue weighted by molar-refractivity contribution is 0.166. The largest absolute Gasteiger partial charge is 0.389 e. The summed E-state index contributed by atoms with van der Waals surface area (Å²) in [4.78, 5) is 0. The van der Waals surface area contributed by atoms with Crippen LogP contribution in [0.15, 0.2) is 78.9 Å². The summed E-state index contributed by atoms with van der Waals surface area (Å²) in [5.74, 6) is 0. The Morgan fingerprint density at radius 2 is 1.36 bits per heavy atom. The van der Waals surface area contributed by atoms with Crippen LogP contribution >= 0.6 is 0 Å². The van der Waals surface area contributed by atoms with Gasteiger partial charge in [0.2, 0.25) is 10.0 Å². The minimum atomic E-state index is -3.51. The van der Waals surface area contributed by atoms with Crippen molar-refractivity contribution >= 4 is 37.5 Å². The Hall–Kier alpha value is -2.83. The molecule has 1 aromatic heterocycles. The molecule has 0 radical (unpaired) electrons. The average molecular weight is 394 g/mol. The van der Waals surface area contributed by atoms with E-state index in [4.69, 9.17) is 0 Å². The van der Waals surface area contributed by atoms with Gasteiger partial charge in [0.05, 0.1) is 31.1 Å². The van der Waals surface area contributed by atoms with Crippen LogP contribution in [0.25, 0.3) is 21.8 Å². The number of sulfonamides is 1. The number of aromatic nitrogens is 1. The SMILES string of the molecule is CS(=O)(=O)N(C[C@H](O)Cn1c2ccccc2c2ccccc21)c1ccccc1. The number of hydrogen-bond donors (Lipinski definition) is 1. The molecule has 4 rings (SSSR count). The fourth-order valence-electron chi connectivity index (χ4n) is 3.69. The fraction of sp³-hybridized carbons (Fsp3) is 0.182. The van der Waals surface area contributed by atoms with Crippen molar-refractivity contribution in [2.75, 3.05) is 17.1 Å². The Labute approximate surface area is 164 Å². The third-order valence-corrected chi connectivity index (χ3v) is 6.05. The minimum Gasteiger partial charge on any atom is -0.389 e. The quantitative estimate of drug-likeness (QED) is 0.543. The van der Waals surface area contributed by atoms with Gasteiger partial charge in [0, 0.05) is 21.8 Å². The number of para-hydroxylation sites is 3. The van der Waals surface area contributed by atoms with Crippen LogP contribution in [0.5, 0.6) is 0 Å². The summed E-state index contributed by atoms with van der Waals surface area (Å²) in [5.41, 5.74) is 2.59. The molecule has 0 saturated heterocycles. The summed E-state index contributed by atoms with van der Waals surface area (Å²) < 4.78 is 27.9. The summed E-state index contributed by atoms with van der Waals surface area (Å²) in [6.07, 6.45) is 0.293. The van der Waals surface area contributed by atoms with Crippen molar-refractivity contribution in [3.05, 3.63) is 78.9 Å². The van der Waals surface area contributed by atoms with Gasteiger partial charge in [-0.05, 0) is 24.3 Å². The first-order valence-corrected chi connectivity index (χ1v) is 11.0. The van der Waals surface area contributed by atoms with Crippen LogP contribution in [0.2, 0.25) is 0 Å². The summed E-state index contributed by atoms with van der Waals surface area (Å²) in [5, 5.41) is 13.0. The van der Waals surface area contributed by atoms with Gasteiger partial charge in [0.15, 0.2) is 0 Å². The van der Waals surface area contributed by atoms with E-state index in [2.05, 4.69) is 16.7 Å². The van der Waals surface area contributed by atoms with Gasteiger partial charge in [-0.1, -0.05) is 54.6 Å². The lowest BCUT2D eigenvalue weighted by Gasteiger charge is -2.25. The molecule has 4 aromatic rings. The Kier molecular flexibility index (Phi) is 4.83. The lowest BCUT2D eigenvalue weighted by atomic mass is 10.2. The Balaban J connectivity index is 1.69. The van der Waals surface area contributed by atoms with Crippen molar-refractivity contribution in [2.24, 2.45) is 0 Å². The van der Waals surface area contributed by atoms with E-state index < -0.39 is 16.1 Å². The zero-order valence-electron chi connectivity index (χ0n) is 15.6. The standard InChI is InChI=1S/C22H22N2O3S/c1-28(26,27)24(17-9-3-2-4-10-17)16-18(25)15-23-21-13-7-5-11-19(21)20-12-6-8-14-22(20)23/h2-14,18,25H,15-16H2,1H3/t18-/m1/s1. The molecule has 0 amide bonds. The number of anilines is 1. The van der Waals surface area contributed by atoms with Crippen molar-refractivity contribution in [1.29, 1.82) is 0 Å². The number of benzene rings is 3. The van der Waals surface area contributed by atoms with Gasteiger partial charge in [0.1, 0.15) is 0 Å². The highest BCUT2D eigenvalue weighted by Crippen LogP contribution is 2.29. The van der Waals surface area contributed by atoms with Crippen molar-refractivity contribution in [3.63, 3.8) is 0 Å². The smallest absolute Gasteiger partial charge is 0.232 e. The zero-order chi connectivity index (χ0) is 19.7. The molecule has 0 bridgehead atoms. The lowest BCUT2D eigenvalue weighted by Crippen LogP contribution is -2.38. The van der Waals surface area contributed by atoms with Crippen LogP contribution in [-0.2, 0) is 16.6 Å². The molecule has 0 fully saturated rings. The Bertz CT molecular complexity index is 1160. The molecule has 0 aliphatic carbocycles. The van der Waals surface area contributed by atoms with Gasteiger partial charge in [-0.25, -0.2) is 8.42 Å². The molecule has 0 unspecified atom stereocenters. The molecule has 0 saturated carbocycles. The second kappa shape index (κ2) is 7.30. The molecule has 0 aliphatic rings. The molecule has 0 aliphatic heterocycles. The third-order valence-electron chi connectivity index (χ3n) is 4.89. The first-order valence-electron chi connectivity index (χ1n) is 9.12. The topological polar surface area (TPSA) is 62.5 Å². The monoisotopic (exact) mass is 394 g/mol. The molecular formula is C22H22N2O3S. The van der Waals surface area contributed by atoms with Crippen LogP contribution in [0.1, 0.15) is 0 Å². The maximum atomic E-state index is 12.3. The summed E-state index contributed by atoms with van der Waals surface area (Å²) in [7, 11) is -3.51. The highest BCUT2D eigenvalue weighted by molar-refractivity contribution is 7.92. The summed E-state index contributed by atoms with van der Waals surface area (Å²) >= 11 is 0. The highest BCUT2D eigenvalue weighted by atomic mass is 32.2. The second-order valence-corrected chi connectivity index (χ2v) is 8.84. The molecular weight excluding hydrogens is 372 g/mol. The predicted molar refractivity (Wildman–Crippen MR) is 114 cm³/mol. The van der Waals surface area contributed by atoms with Crippen LogP contribution in [0, 0.1) is 0 Å². The number of aliphatic hydroxyl groups excluding tert-OH is 1. The zero-order valence-corrected chi connectivity index (χ0v) is 16.4. The Morgan fingerprint density at radius 3 is 1.89 bits per heavy atom.